The van der Waals surface area contributed by atoms with Gasteiger partial charge in [-0.05, 0) is 61.1 Å². The molecule has 0 aliphatic carbocycles. The third-order valence-electron chi connectivity index (χ3n) is 4.51. The van der Waals surface area contributed by atoms with Gasteiger partial charge in [0, 0.05) is 6.07 Å². The molecule has 0 bridgehead atoms. The number of allylic oxidation sites excluding steroid dienone is 1. The van der Waals surface area contributed by atoms with Crippen LogP contribution >= 0.6 is 0 Å². The first-order valence-electron chi connectivity index (χ1n) is 9.63. The molecule has 0 atom stereocenters. The van der Waals surface area contributed by atoms with Gasteiger partial charge in [-0.2, -0.15) is 0 Å². The fourth-order valence-corrected chi connectivity index (χ4v) is 3.08. The van der Waals surface area contributed by atoms with Crippen molar-refractivity contribution in [3.8, 4) is 23.0 Å². The molecule has 0 fully saturated rings. The van der Waals surface area contributed by atoms with Gasteiger partial charge in [-0.1, -0.05) is 31.6 Å². The summed E-state index contributed by atoms with van der Waals surface area (Å²) in [6.07, 6.45) is 3.91. The molecule has 4 nitrogen and oxygen atoms in total. The van der Waals surface area contributed by atoms with E-state index >= 15 is 0 Å². The predicted octanol–water partition coefficient (Wildman–Crippen LogP) is 5.48. The molecule has 0 heterocycles. The second-order valence-corrected chi connectivity index (χ2v) is 7.30. The van der Waals surface area contributed by atoms with Gasteiger partial charge >= 0.3 is 0 Å². The van der Waals surface area contributed by atoms with Crippen LogP contribution in [0.2, 0.25) is 0 Å². The maximum atomic E-state index is 6.00. The zero-order chi connectivity index (χ0) is 20.5. The highest BCUT2D eigenvalue weighted by Gasteiger charge is 2.08. The van der Waals surface area contributed by atoms with Crippen molar-refractivity contribution in [1.29, 1.82) is 0 Å². The van der Waals surface area contributed by atoms with Crippen LogP contribution in [0.3, 0.4) is 0 Å². The molecule has 2 rings (SSSR count). The number of hydrogen-bond acceptors (Lipinski definition) is 4. The van der Waals surface area contributed by atoms with Gasteiger partial charge in [-0.15, -0.1) is 0 Å². The van der Waals surface area contributed by atoms with Crippen LogP contribution in [0.5, 0.6) is 23.0 Å². The monoisotopic (exact) mass is 384 g/mol. The Bertz CT molecular complexity index is 793. The molecule has 0 unspecified atom stereocenters. The molecule has 0 saturated heterocycles. The zero-order valence-corrected chi connectivity index (χ0v) is 17.9. The van der Waals surface area contributed by atoms with E-state index in [0.29, 0.717) is 12.5 Å². The molecule has 28 heavy (non-hydrogen) atoms. The van der Waals surface area contributed by atoms with Gasteiger partial charge in [-0.3, -0.25) is 0 Å². The van der Waals surface area contributed by atoms with Crippen LogP contribution in [-0.4, -0.2) is 27.9 Å². The molecule has 0 saturated carbocycles. The molecule has 0 N–H and O–H groups in total. The number of rotatable bonds is 10. The highest BCUT2D eigenvalue weighted by Crippen LogP contribution is 2.29. The molecule has 2 aromatic rings. The van der Waals surface area contributed by atoms with E-state index in [0.717, 1.165) is 41.4 Å². The van der Waals surface area contributed by atoms with Crippen LogP contribution in [0.4, 0.5) is 0 Å². The minimum Gasteiger partial charge on any atom is -0.497 e. The average molecular weight is 385 g/mol. The third-order valence-corrected chi connectivity index (χ3v) is 4.51. The summed E-state index contributed by atoms with van der Waals surface area (Å²) >= 11 is 0. The summed E-state index contributed by atoms with van der Waals surface area (Å²) in [6, 6.07) is 12.0. The Morgan fingerprint density at radius 2 is 1.64 bits per heavy atom. The van der Waals surface area contributed by atoms with Crippen molar-refractivity contribution >= 4 is 0 Å². The molecule has 0 radical (unpaired) electrons. The van der Waals surface area contributed by atoms with Gasteiger partial charge in [0.25, 0.3) is 0 Å². The first-order chi connectivity index (χ1) is 13.5. The first-order valence-corrected chi connectivity index (χ1v) is 9.63. The summed E-state index contributed by atoms with van der Waals surface area (Å²) < 4.78 is 22.2. The van der Waals surface area contributed by atoms with E-state index in [1.807, 2.05) is 24.3 Å². The molecule has 0 spiro atoms. The minimum atomic E-state index is 0.492. The molecule has 0 amide bonds. The second-order valence-electron chi connectivity index (χ2n) is 7.30. The molecule has 0 aliphatic rings. The number of ether oxygens (including phenoxy) is 4. The Kier molecular flexibility index (Phi) is 8.24. The predicted molar refractivity (Wildman–Crippen MR) is 114 cm³/mol. The number of hydrogen-bond donors (Lipinski definition) is 0. The summed E-state index contributed by atoms with van der Waals surface area (Å²) in [5.74, 6) is 3.76. The van der Waals surface area contributed by atoms with Gasteiger partial charge < -0.3 is 18.9 Å². The average Bonchev–Trinajstić information content (AvgIpc) is 2.68. The van der Waals surface area contributed by atoms with Crippen molar-refractivity contribution in [2.75, 3.05) is 27.9 Å². The van der Waals surface area contributed by atoms with Crippen LogP contribution in [0.15, 0.2) is 48.0 Å². The molecule has 0 aliphatic heterocycles. The van der Waals surface area contributed by atoms with Crippen LogP contribution in [0.25, 0.3) is 0 Å². The van der Waals surface area contributed by atoms with Gasteiger partial charge in [0.1, 0.15) is 18.1 Å². The van der Waals surface area contributed by atoms with Crippen LogP contribution in [0, 0.1) is 5.92 Å². The van der Waals surface area contributed by atoms with E-state index < -0.39 is 0 Å². The molecule has 152 valence electrons. The lowest BCUT2D eigenvalue weighted by molar-refractivity contribution is 0.325. The van der Waals surface area contributed by atoms with Crippen molar-refractivity contribution in [3.63, 3.8) is 0 Å². The maximum absolute atomic E-state index is 6.00. The normalized spacial score (nSPS) is 11.5. The maximum Gasteiger partial charge on any atom is 0.161 e. The Hall–Kier alpha value is -2.62. The largest absolute Gasteiger partial charge is 0.497 e. The van der Waals surface area contributed by atoms with Crippen molar-refractivity contribution < 1.29 is 18.9 Å². The summed E-state index contributed by atoms with van der Waals surface area (Å²) in [6.45, 7) is 7.01. The number of benzene rings is 2. The summed E-state index contributed by atoms with van der Waals surface area (Å²) in [5.41, 5.74) is 3.59. The van der Waals surface area contributed by atoms with E-state index in [4.69, 9.17) is 18.9 Å². The van der Waals surface area contributed by atoms with Crippen molar-refractivity contribution in [2.45, 2.75) is 33.6 Å². The second kappa shape index (κ2) is 10.6. The third kappa shape index (κ3) is 6.22. The van der Waals surface area contributed by atoms with Gasteiger partial charge in [0.15, 0.2) is 11.5 Å². The topological polar surface area (TPSA) is 36.9 Å². The summed E-state index contributed by atoms with van der Waals surface area (Å²) in [4.78, 5) is 0. The first kappa shape index (κ1) is 21.7. The van der Waals surface area contributed by atoms with Crippen LogP contribution in [0.1, 0.15) is 31.9 Å². The minimum absolute atomic E-state index is 0.492. The van der Waals surface area contributed by atoms with E-state index in [-0.39, 0.29) is 0 Å². The summed E-state index contributed by atoms with van der Waals surface area (Å²) in [7, 11) is 5.00. The lowest BCUT2D eigenvalue weighted by Crippen LogP contribution is -2.01. The fraction of sp³-hybridized carbons (Fsp3) is 0.417. The smallest absolute Gasteiger partial charge is 0.161 e. The Labute approximate surface area is 169 Å². The van der Waals surface area contributed by atoms with Crippen molar-refractivity contribution in [1.82, 2.24) is 0 Å². The molecular formula is C24H32O4. The van der Waals surface area contributed by atoms with Crippen molar-refractivity contribution in [3.05, 3.63) is 59.2 Å². The van der Waals surface area contributed by atoms with Gasteiger partial charge in [-0.25, -0.2) is 0 Å². The molecule has 2 aromatic carbocycles. The molecule has 4 heteroatoms. The fourth-order valence-electron chi connectivity index (χ4n) is 3.08. The Balaban J connectivity index is 2.04. The van der Waals surface area contributed by atoms with E-state index in [1.54, 1.807) is 21.3 Å². The van der Waals surface area contributed by atoms with Crippen LogP contribution in [-0.2, 0) is 12.8 Å². The zero-order valence-electron chi connectivity index (χ0n) is 17.9. The van der Waals surface area contributed by atoms with E-state index in [1.165, 1.54) is 11.1 Å². The van der Waals surface area contributed by atoms with E-state index in [9.17, 15) is 0 Å². The standard InChI is InChI=1S/C24H32O4/c1-17(2)13-19-7-10-22(26-5)24(15-19)28-12-11-18(3)14-20-8-9-21(25-4)16-23(20)27-6/h7-11,15-17H,12-14H2,1-6H3. The quantitative estimate of drug-likeness (QED) is 0.508. The number of methoxy groups -OCH3 is 3. The molecule has 0 aromatic heterocycles. The van der Waals surface area contributed by atoms with Gasteiger partial charge in [0.05, 0.1) is 21.3 Å². The van der Waals surface area contributed by atoms with E-state index in [2.05, 4.69) is 39.0 Å². The highest BCUT2D eigenvalue weighted by molar-refractivity contribution is 5.44. The highest BCUT2D eigenvalue weighted by atomic mass is 16.5. The van der Waals surface area contributed by atoms with Crippen molar-refractivity contribution in [2.24, 2.45) is 5.92 Å². The lowest BCUT2D eigenvalue weighted by atomic mass is 10.0. The van der Waals surface area contributed by atoms with Crippen LogP contribution < -0.4 is 18.9 Å². The Morgan fingerprint density at radius 3 is 2.29 bits per heavy atom. The SMILES string of the molecule is COc1ccc(CC(C)=CCOc2cc(CC(C)C)ccc2OC)c(OC)c1. The van der Waals surface area contributed by atoms with Gasteiger partial charge in [0.2, 0.25) is 0 Å². The lowest BCUT2D eigenvalue weighted by Gasteiger charge is -2.13. The Morgan fingerprint density at radius 1 is 0.893 bits per heavy atom. The summed E-state index contributed by atoms with van der Waals surface area (Å²) in [5, 5.41) is 0. The molecular weight excluding hydrogens is 352 g/mol.